The van der Waals surface area contributed by atoms with Crippen molar-refractivity contribution in [1.29, 1.82) is 0 Å². The molecule has 1 amide bonds. The third-order valence-corrected chi connectivity index (χ3v) is 4.92. The fraction of sp³-hybridized carbons (Fsp3) is 0.500. The standard InChI is InChI=1S/C20H28N4O/c1-6-24-13-16(15-9-7-8-10-17(15)24)19(25)23(5)12-14-11-18(22-21-14)20(2,3)4/h7-11,16H,6,12-13H2,1-5H3,(H,21,22). The summed E-state index contributed by atoms with van der Waals surface area (Å²) in [5.41, 5.74) is 4.32. The molecule has 1 aliphatic heterocycles. The van der Waals surface area contributed by atoms with Crippen molar-refractivity contribution in [3.05, 3.63) is 47.3 Å². The van der Waals surface area contributed by atoms with Crippen LogP contribution in [0.1, 0.15) is 50.6 Å². The summed E-state index contributed by atoms with van der Waals surface area (Å²) in [4.78, 5) is 17.1. The Hall–Kier alpha value is -2.30. The molecule has 0 bridgehead atoms. The Bertz CT molecular complexity index is 759. The van der Waals surface area contributed by atoms with Gasteiger partial charge in [-0.1, -0.05) is 39.0 Å². The summed E-state index contributed by atoms with van der Waals surface area (Å²) in [7, 11) is 1.87. The number of para-hydroxylation sites is 1. The van der Waals surface area contributed by atoms with Crippen LogP contribution in [0.15, 0.2) is 30.3 Å². The van der Waals surface area contributed by atoms with E-state index in [4.69, 9.17) is 0 Å². The molecule has 25 heavy (non-hydrogen) atoms. The summed E-state index contributed by atoms with van der Waals surface area (Å²) in [5, 5.41) is 7.46. The van der Waals surface area contributed by atoms with Crippen molar-refractivity contribution in [2.45, 2.75) is 45.6 Å². The number of likely N-dealkylation sites (N-methyl/N-ethyl adjacent to an activating group) is 2. The largest absolute Gasteiger partial charge is 0.370 e. The number of aromatic amines is 1. The number of fused-ring (bicyclic) bond motifs is 1. The molecule has 5 heteroatoms. The zero-order valence-corrected chi connectivity index (χ0v) is 15.8. The summed E-state index contributed by atoms with van der Waals surface area (Å²) in [6.07, 6.45) is 0. The molecule has 0 spiro atoms. The average molecular weight is 340 g/mol. The fourth-order valence-corrected chi connectivity index (χ4v) is 3.42. The Kier molecular flexibility index (Phi) is 4.58. The molecule has 0 fully saturated rings. The number of H-pyrrole nitrogens is 1. The molecule has 1 aromatic carbocycles. The lowest BCUT2D eigenvalue weighted by atomic mass is 9.92. The van der Waals surface area contributed by atoms with Gasteiger partial charge < -0.3 is 9.80 Å². The van der Waals surface area contributed by atoms with Crippen LogP contribution in [0.2, 0.25) is 0 Å². The number of amides is 1. The van der Waals surface area contributed by atoms with Gasteiger partial charge in [-0.15, -0.1) is 0 Å². The van der Waals surface area contributed by atoms with Crippen LogP contribution < -0.4 is 4.90 Å². The molecule has 0 saturated carbocycles. The van der Waals surface area contributed by atoms with Crippen LogP contribution in [-0.2, 0) is 16.8 Å². The highest BCUT2D eigenvalue weighted by molar-refractivity contribution is 5.88. The molecule has 134 valence electrons. The van der Waals surface area contributed by atoms with Crippen LogP contribution in [0.3, 0.4) is 0 Å². The quantitative estimate of drug-likeness (QED) is 0.929. The third kappa shape index (κ3) is 3.41. The Morgan fingerprint density at radius 3 is 2.72 bits per heavy atom. The Morgan fingerprint density at radius 2 is 2.08 bits per heavy atom. The molecule has 1 aliphatic rings. The molecular formula is C20H28N4O. The number of carbonyl (C=O) groups excluding carboxylic acids is 1. The van der Waals surface area contributed by atoms with Gasteiger partial charge in [-0.05, 0) is 24.6 Å². The van der Waals surface area contributed by atoms with Gasteiger partial charge in [0.1, 0.15) is 0 Å². The lowest BCUT2D eigenvalue weighted by Crippen LogP contribution is -2.34. The number of carbonyl (C=O) groups is 1. The van der Waals surface area contributed by atoms with E-state index in [9.17, 15) is 4.79 Å². The van der Waals surface area contributed by atoms with Crippen molar-refractivity contribution in [1.82, 2.24) is 15.1 Å². The first-order valence-electron chi connectivity index (χ1n) is 8.95. The lowest BCUT2D eigenvalue weighted by Gasteiger charge is -2.21. The highest BCUT2D eigenvalue weighted by Crippen LogP contribution is 2.36. The zero-order chi connectivity index (χ0) is 18.2. The maximum atomic E-state index is 13.0. The van der Waals surface area contributed by atoms with Gasteiger partial charge in [0.25, 0.3) is 0 Å². The van der Waals surface area contributed by atoms with E-state index in [1.807, 2.05) is 19.2 Å². The second-order valence-corrected chi connectivity index (χ2v) is 7.87. The van der Waals surface area contributed by atoms with Gasteiger partial charge in [-0.25, -0.2) is 0 Å². The molecule has 1 N–H and O–H groups in total. The normalized spacial score (nSPS) is 16.8. The van der Waals surface area contributed by atoms with Crippen molar-refractivity contribution >= 4 is 11.6 Å². The van der Waals surface area contributed by atoms with Crippen LogP contribution in [0.5, 0.6) is 0 Å². The van der Waals surface area contributed by atoms with Gasteiger partial charge in [-0.2, -0.15) is 5.10 Å². The molecule has 0 radical (unpaired) electrons. The van der Waals surface area contributed by atoms with Gasteiger partial charge in [0.2, 0.25) is 5.91 Å². The summed E-state index contributed by atoms with van der Waals surface area (Å²) >= 11 is 0. The second kappa shape index (κ2) is 6.54. The summed E-state index contributed by atoms with van der Waals surface area (Å²) in [6.45, 7) is 10.8. The van der Waals surface area contributed by atoms with E-state index in [1.54, 1.807) is 4.90 Å². The smallest absolute Gasteiger partial charge is 0.232 e. The minimum Gasteiger partial charge on any atom is -0.370 e. The summed E-state index contributed by atoms with van der Waals surface area (Å²) < 4.78 is 0. The van der Waals surface area contributed by atoms with Crippen LogP contribution >= 0.6 is 0 Å². The molecule has 0 saturated heterocycles. The van der Waals surface area contributed by atoms with Crippen LogP contribution in [0.25, 0.3) is 0 Å². The van der Waals surface area contributed by atoms with Crippen molar-refractivity contribution in [3.63, 3.8) is 0 Å². The number of hydrogen-bond donors (Lipinski definition) is 1. The zero-order valence-electron chi connectivity index (χ0n) is 15.8. The van der Waals surface area contributed by atoms with Gasteiger partial charge in [-0.3, -0.25) is 9.89 Å². The number of nitrogens with one attached hydrogen (secondary N) is 1. The molecule has 1 unspecified atom stereocenters. The summed E-state index contributed by atoms with van der Waals surface area (Å²) in [5.74, 6) is 0.0708. The SMILES string of the molecule is CCN1CC(C(=O)N(C)Cc2cc(C(C)(C)C)n[nH]2)c2ccccc21. The van der Waals surface area contributed by atoms with Gasteiger partial charge in [0, 0.05) is 31.2 Å². The molecule has 2 heterocycles. The average Bonchev–Trinajstić information content (AvgIpc) is 3.18. The maximum Gasteiger partial charge on any atom is 0.232 e. The highest BCUT2D eigenvalue weighted by Gasteiger charge is 2.34. The Morgan fingerprint density at radius 1 is 1.36 bits per heavy atom. The van der Waals surface area contributed by atoms with Crippen LogP contribution in [0.4, 0.5) is 5.69 Å². The number of benzene rings is 1. The molecule has 5 nitrogen and oxygen atoms in total. The maximum absolute atomic E-state index is 13.0. The van der Waals surface area contributed by atoms with E-state index >= 15 is 0 Å². The lowest BCUT2D eigenvalue weighted by molar-refractivity contribution is -0.131. The van der Waals surface area contributed by atoms with E-state index in [0.717, 1.165) is 30.0 Å². The molecule has 3 rings (SSSR count). The molecule has 2 aromatic rings. The minimum atomic E-state index is -0.0915. The van der Waals surface area contributed by atoms with Gasteiger partial charge in [0.15, 0.2) is 0 Å². The first-order chi connectivity index (χ1) is 11.8. The van der Waals surface area contributed by atoms with Gasteiger partial charge >= 0.3 is 0 Å². The first kappa shape index (κ1) is 17.5. The number of nitrogens with zero attached hydrogens (tertiary/aromatic N) is 3. The van der Waals surface area contributed by atoms with Crippen molar-refractivity contribution < 1.29 is 4.79 Å². The Balaban J connectivity index is 1.74. The fourth-order valence-electron chi connectivity index (χ4n) is 3.42. The van der Waals surface area contributed by atoms with E-state index < -0.39 is 0 Å². The molecule has 1 atom stereocenters. The van der Waals surface area contributed by atoms with Crippen LogP contribution in [0, 0.1) is 0 Å². The van der Waals surface area contributed by atoms with Crippen molar-refractivity contribution in [2.75, 3.05) is 25.0 Å². The van der Waals surface area contributed by atoms with Crippen LogP contribution in [-0.4, -0.2) is 41.1 Å². The predicted octanol–water partition coefficient (Wildman–Crippen LogP) is 3.29. The molecule has 0 aliphatic carbocycles. The van der Waals surface area contributed by atoms with E-state index in [2.05, 4.69) is 61.0 Å². The van der Waals surface area contributed by atoms with Gasteiger partial charge in [0.05, 0.1) is 23.9 Å². The molecule has 1 aromatic heterocycles. The predicted molar refractivity (Wildman–Crippen MR) is 101 cm³/mol. The third-order valence-electron chi connectivity index (χ3n) is 4.92. The molecular weight excluding hydrogens is 312 g/mol. The van der Waals surface area contributed by atoms with Crippen molar-refractivity contribution in [3.8, 4) is 0 Å². The summed E-state index contributed by atoms with van der Waals surface area (Å²) in [6, 6.07) is 10.3. The second-order valence-electron chi connectivity index (χ2n) is 7.87. The van der Waals surface area contributed by atoms with E-state index in [-0.39, 0.29) is 17.2 Å². The Labute approximate surface area is 150 Å². The number of rotatable bonds is 4. The van der Waals surface area contributed by atoms with E-state index in [1.165, 1.54) is 5.69 Å². The first-order valence-corrected chi connectivity index (χ1v) is 8.95. The van der Waals surface area contributed by atoms with Crippen molar-refractivity contribution in [2.24, 2.45) is 0 Å². The topological polar surface area (TPSA) is 52.2 Å². The van der Waals surface area contributed by atoms with E-state index in [0.29, 0.717) is 6.54 Å². The minimum absolute atomic E-state index is 0.00332. The number of hydrogen-bond acceptors (Lipinski definition) is 3. The number of anilines is 1. The number of aromatic nitrogens is 2. The highest BCUT2D eigenvalue weighted by atomic mass is 16.2. The monoisotopic (exact) mass is 340 g/mol.